The fourth-order valence-electron chi connectivity index (χ4n) is 3.43. The van der Waals surface area contributed by atoms with E-state index in [4.69, 9.17) is 4.98 Å². The molecule has 0 saturated heterocycles. The quantitative estimate of drug-likeness (QED) is 0.444. The molecule has 1 N–H and O–H groups in total. The maximum absolute atomic E-state index is 13.0. The van der Waals surface area contributed by atoms with Gasteiger partial charge in [-0.1, -0.05) is 25.1 Å². The van der Waals surface area contributed by atoms with Crippen molar-refractivity contribution in [3.63, 3.8) is 0 Å². The minimum atomic E-state index is -0.0681. The second-order valence-corrected chi connectivity index (χ2v) is 7.95. The number of carbonyl (C=O) groups excluding carboxylic acids is 1. The molecular weight excluding hydrogens is 424 g/mol. The lowest BCUT2D eigenvalue weighted by molar-refractivity contribution is 0.0905. The van der Waals surface area contributed by atoms with Gasteiger partial charge in [-0.3, -0.25) is 9.36 Å². The molecule has 0 bridgehead atoms. The van der Waals surface area contributed by atoms with E-state index >= 15 is 0 Å². The first kappa shape index (κ1) is 28.2. The molecule has 0 atom stereocenters. The molecule has 0 aliphatic carbocycles. The third kappa shape index (κ3) is 6.84. The van der Waals surface area contributed by atoms with Gasteiger partial charge in [0, 0.05) is 32.2 Å². The highest BCUT2D eigenvalue weighted by molar-refractivity contribution is 5.88. The Hall–Kier alpha value is -3.81. The molecule has 7 heteroatoms. The summed E-state index contributed by atoms with van der Waals surface area (Å²) >= 11 is 0. The summed E-state index contributed by atoms with van der Waals surface area (Å²) in [7, 11) is 5.86. The zero-order chi connectivity index (χ0) is 25.8. The third-order valence-corrected chi connectivity index (χ3v) is 5.17. The standard InChI is InChI=1S/C25H34N6O.C2H2/c1-8-11-21-19(4)31(23(32)9-2)25(28-21)24(22(17-26)27-14-15-29(5)6)30(7)20-13-10-12-18(3)16-20;1-2/h8,10-13,16,27H,9,14-15H2,1-7H3;1-2H/b11-8-,24-22+;. The molecule has 0 unspecified atom stereocenters. The molecule has 34 heavy (non-hydrogen) atoms. The van der Waals surface area contributed by atoms with Crippen LogP contribution in [0.3, 0.4) is 0 Å². The Kier molecular flexibility index (Phi) is 11.3. The van der Waals surface area contributed by atoms with E-state index in [1.807, 2.05) is 95.1 Å². The number of carbonyl (C=O) groups is 1. The smallest absolute Gasteiger partial charge is 0.232 e. The minimum Gasteiger partial charge on any atom is -0.373 e. The molecule has 1 aromatic carbocycles. The summed E-state index contributed by atoms with van der Waals surface area (Å²) in [6, 6.07) is 10.3. The Morgan fingerprint density at radius 2 is 1.94 bits per heavy atom. The van der Waals surface area contributed by atoms with Crippen molar-refractivity contribution in [1.29, 1.82) is 5.26 Å². The van der Waals surface area contributed by atoms with Crippen LogP contribution in [0.2, 0.25) is 0 Å². The van der Waals surface area contributed by atoms with Gasteiger partial charge in [-0.15, -0.1) is 12.8 Å². The summed E-state index contributed by atoms with van der Waals surface area (Å²) in [6.07, 6.45) is 12.1. The van der Waals surface area contributed by atoms with Gasteiger partial charge in [-0.05, 0) is 58.6 Å². The molecule has 0 aliphatic rings. The average Bonchev–Trinajstić information content (AvgIpc) is 3.14. The Balaban J connectivity index is 0.00000281. The van der Waals surface area contributed by atoms with Crippen molar-refractivity contribution in [1.82, 2.24) is 19.8 Å². The van der Waals surface area contributed by atoms with Gasteiger partial charge in [0.1, 0.15) is 17.5 Å². The van der Waals surface area contributed by atoms with Crippen LogP contribution in [0.4, 0.5) is 5.69 Å². The third-order valence-electron chi connectivity index (χ3n) is 5.17. The number of hydrogen-bond donors (Lipinski definition) is 1. The van der Waals surface area contributed by atoms with Crippen LogP contribution >= 0.6 is 0 Å². The summed E-state index contributed by atoms with van der Waals surface area (Å²) in [6.45, 7) is 9.00. The molecule has 1 heterocycles. The van der Waals surface area contributed by atoms with Crippen molar-refractivity contribution < 1.29 is 4.79 Å². The number of imidazole rings is 1. The van der Waals surface area contributed by atoms with Crippen LogP contribution in [0.15, 0.2) is 36.0 Å². The Morgan fingerprint density at radius 1 is 1.26 bits per heavy atom. The summed E-state index contributed by atoms with van der Waals surface area (Å²) in [5, 5.41) is 13.4. The van der Waals surface area contributed by atoms with Crippen LogP contribution in [0.1, 0.15) is 47.8 Å². The maximum atomic E-state index is 13.0. The number of nitrogens with zero attached hydrogens (tertiary/aromatic N) is 5. The number of rotatable bonds is 9. The minimum absolute atomic E-state index is 0.0681. The molecular formula is C27H36N6O. The zero-order valence-electron chi connectivity index (χ0n) is 21.4. The predicted octanol–water partition coefficient (Wildman–Crippen LogP) is 4.31. The lowest BCUT2D eigenvalue weighted by Crippen LogP contribution is -2.30. The first-order chi connectivity index (χ1) is 16.2. The topological polar surface area (TPSA) is 77.2 Å². The van der Waals surface area contributed by atoms with Gasteiger partial charge in [-0.25, -0.2) is 4.98 Å². The maximum Gasteiger partial charge on any atom is 0.232 e. The van der Waals surface area contributed by atoms with Gasteiger partial charge in [-0.2, -0.15) is 5.26 Å². The van der Waals surface area contributed by atoms with Gasteiger partial charge < -0.3 is 15.1 Å². The van der Waals surface area contributed by atoms with Crippen molar-refractivity contribution in [2.45, 2.75) is 34.1 Å². The van der Waals surface area contributed by atoms with Crippen molar-refractivity contribution in [3.05, 3.63) is 58.8 Å². The Bertz CT molecular complexity index is 1100. The molecule has 7 nitrogen and oxygen atoms in total. The lowest BCUT2D eigenvalue weighted by Gasteiger charge is -2.25. The second-order valence-electron chi connectivity index (χ2n) is 7.95. The van der Waals surface area contributed by atoms with Crippen LogP contribution in [0, 0.1) is 38.0 Å². The van der Waals surface area contributed by atoms with Crippen molar-refractivity contribution >= 4 is 23.4 Å². The van der Waals surface area contributed by atoms with E-state index in [0.29, 0.717) is 35.9 Å². The molecule has 180 valence electrons. The largest absolute Gasteiger partial charge is 0.373 e. The number of nitrogens with one attached hydrogen (secondary N) is 1. The number of aromatic nitrogens is 2. The van der Waals surface area contributed by atoms with E-state index in [1.54, 1.807) is 4.57 Å². The molecule has 0 spiro atoms. The first-order valence-electron chi connectivity index (χ1n) is 11.2. The van der Waals surface area contributed by atoms with Crippen molar-refractivity contribution in [2.75, 3.05) is 39.1 Å². The SMILES string of the molecule is C#C.C/C=C\c1nc(/C(=C(/C#N)NCCN(C)C)N(C)c2cccc(C)c2)n(C(=O)CC)c1C. The lowest BCUT2D eigenvalue weighted by atomic mass is 10.2. The van der Waals surface area contributed by atoms with E-state index in [0.717, 1.165) is 23.5 Å². The highest BCUT2D eigenvalue weighted by Gasteiger charge is 2.26. The van der Waals surface area contributed by atoms with Gasteiger partial charge >= 0.3 is 0 Å². The fourth-order valence-corrected chi connectivity index (χ4v) is 3.43. The number of likely N-dealkylation sites (N-methyl/N-ethyl adjacent to an activating group) is 1. The number of allylic oxidation sites excluding steroid dienone is 2. The van der Waals surface area contributed by atoms with Crippen LogP contribution in [0.25, 0.3) is 11.8 Å². The van der Waals surface area contributed by atoms with Crippen molar-refractivity contribution in [3.8, 4) is 18.9 Å². The van der Waals surface area contributed by atoms with Gasteiger partial charge in [0.2, 0.25) is 5.91 Å². The first-order valence-corrected chi connectivity index (χ1v) is 11.2. The molecule has 2 rings (SSSR count). The molecule has 0 saturated carbocycles. The molecule has 2 aromatic rings. The van der Waals surface area contributed by atoms with E-state index < -0.39 is 0 Å². The van der Waals surface area contributed by atoms with Crippen LogP contribution in [0.5, 0.6) is 0 Å². The Labute approximate surface area is 204 Å². The fraction of sp³-hybridized carbons (Fsp3) is 0.370. The summed E-state index contributed by atoms with van der Waals surface area (Å²) < 4.78 is 1.63. The normalized spacial score (nSPS) is 11.4. The summed E-state index contributed by atoms with van der Waals surface area (Å²) in [4.78, 5) is 21.7. The van der Waals surface area contributed by atoms with E-state index in [9.17, 15) is 10.1 Å². The van der Waals surface area contributed by atoms with Crippen LogP contribution in [-0.2, 0) is 0 Å². The van der Waals surface area contributed by atoms with Crippen LogP contribution in [-0.4, -0.2) is 54.6 Å². The average molecular weight is 461 g/mol. The monoisotopic (exact) mass is 460 g/mol. The second kappa shape index (κ2) is 13.7. The highest BCUT2D eigenvalue weighted by Crippen LogP contribution is 2.29. The van der Waals surface area contributed by atoms with Crippen LogP contribution < -0.4 is 10.2 Å². The molecule has 0 amide bonds. The number of aryl methyl sites for hydroxylation is 1. The number of benzene rings is 1. The summed E-state index contributed by atoms with van der Waals surface area (Å²) in [5.41, 5.74) is 4.42. The van der Waals surface area contributed by atoms with Crippen molar-refractivity contribution in [2.24, 2.45) is 0 Å². The van der Waals surface area contributed by atoms with E-state index in [2.05, 4.69) is 24.2 Å². The Morgan fingerprint density at radius 3 is 2.47 bits per heavy atom. The number of anilines is 1. The zero-order valence-corrected chi connectivity index (χ0v) is 21.4. The molecule has 1 aromatic heterocycles. The number of terminal acetylenes is 1. The van der Waals surface area contributed by atoms with Gasteiger partial charge in [0.15, 0.2) is 5.82 Å². The summed E-state index contributed by atoms with van der Waals surface area (Å²) in [5.74, 6) is 0.391. The molecule has 0 radical (unpaired) electrons. The highest BCUT2D eigenvalue weighted by atomic mass is 16.2. The van der Waals surface area contributed by atoms with E-state index in [-0.39, 0.29) is 5.91 Å². The number of hydrogen-bond acceptors (Lipinski definition) is 6. The predicted molar refractivity (Wildman–Crippen MR) is 141 cm³/mol. The van der Waals surface area contributed by atoms with E-state index in [1.165, 1.54) is 0 Å². The van der Waals surface area contributed by atoms with Gasteiger partial charge in [0.25, 0.3) is 0 Å². The molecule has 0 fully saturated rings. The molecule has 0 aliphatic heterocycles. The number of nitriles is 1. The van der Waals surface area contributed by atoms with Gasteiger partial charge in [0.05, 0.1) is 11.4 Å².